The van der Waals surface area contributed by atoms with Crippen LogP contribution >= 0.6 is 23.2 Å². The third-order valence-corrected chi connectivity index (χ3v) is 11.9. The molecule has 18 heteroatoms. The van der Waals surface area contributed by atoms with E-state index in [-0.39, 0.29) is 41.4 Å². The maximum atomic E-state index is 12.6. The number of aromatic amines is 1. The smallest absolute Gasteiger partial charge is 0.264 e. The summed E-state index contributed by atoms with van der Waals surface area (Å²) in [7, 11) is 3.08. The minimum Gasteiger partial charge on any atom is -0.486 e. The number of ether oxygens (including phenoxy) is 1. The Morgan fingerprint density at radius 2 is 1.69 bits per heavy atom. The van der Waals surface area contributed by atoms with Gasteiger partial charge in [0, 0.05) is 106 Å². The number of amides is 4. The van der Waals surface area contributed by atoms with Crippen molar-refractivity contribution in [1.29, 1.82) is 0 Å². The van der Waals surface area contributed by atoms with Gasteiger partial charge in [-0.05, 0) is 62.2 Å². The fraction of sp³-hybridized carbons (Fsp3) is 0.341. The van der Waals surface area contributed by atoms with E-state index in [2.05, 4.69) is 30.7 Å². The number of carbonyl (C=O) groups is 6. The van der Waals surface area contributed by atoms with E-state index in [1.807, 2.05) is 48.4 Å². The summed E-state index contributed by atoms with van der Waals surface area (Å²) in [5.41, 5.74) is 4.47. The molecule has 62 heavy (non-hydrogen) atoms. The highest BCUT2D eigenvalue weighted by molar-refractivity contribution is 6.35. The van der Waals surface area contributed by atoms with Crippen LogP contribution in [-0.4, -0.2) is 112 Å². The summed E-state index contributed by atoms with van der Waals surface area (Å²) in [6.07, 6.45) is 7.81. The second-order valence-electron chi connectivity index (χ2n) is 15.5. The molecule has 2 aromatic carbocycles. The number of aromatic nitrogens is 4. The standard InChI is InChI=1S/C29H28Cl2N6O3.C15H17N3O4/c1-18(27-22(30)12-32-13-23(27)31)40-20-6-7-24-21(10-20)28(35-34-24)19-5-8-25(33-11-19)36-14-29(15-36)16-37(17-29)26(39)4-2-3-9-38;1-16-10-6-3-5-9-12(10)15(22)18(14(9)21)11(7-4-8-19)13(20)17-2/h5-13,18H,2-4,14-17H2,1H3,(H,34,35);3,5-6,8,11,16H,4,7H2,1-2H3,(H,17,20)/t18-;/m1./s1. The van der Waals surface area contributed by atoms with Crippen LogP contribution in [0.4, 0.5) is 11.5 Å². The predicted octanol–water partition coefficient (Wildman–Crippen LogP) is 5.90. The van der Waals surface area contributed by atoms with E-state index in [9.17, 15) is 28.8 Å². The molecule has 1 unspecified atom stereocenters. The van der Waals surface area contributed by atoms with E-state index in [1.165, 1.54) is 7.05 Å². The Hall–Kier alpha value is -6.39. The lowest BCUT2D eigenvalue weighted by Crippen LogP contribution is -2.73. The molecule has 3 aliphatic heterocycles. The quantitative estimate of drug-likeness (QED) is 0.0640. The molecule has 3 aliphatic rings. The van der Waals surface area contributed by atoms with Crippen molar-refractivity contribution in [3.8, 4) is 17.0 Å². The molecule has 0 bridgehead atoms. The van der Waals surface area contributed by atoms with E-state index < -0.39 is 23.8 Å². The van der Waals surface area contributed by atoms with Crippen LogP contribution < -0.4 is 20.3 Å². The lowest BCUT2D eigenvalue weighted by atomic mass is 9.72. The first-order valence-electron chi connectivity index (χ1n) is 20.1. The molecule has 2 fully saturated rings. The minimum absolute atomic E-state index is 0.0877. The lowest BCUT2D eigenvalue weighted by molar-refractivity contribution is -0.145. The summed E-state index contributed by atoms with van der Waals surface area (Å²) in [5, 5.41) is 14.8. The zero-order chi connectivity index (χ0) is 44.1. The zero-order valence-corrected chi connectivity index (χ0v) is 35.8. The van der Waals surface area contributed by atoms with Gasteiger partial charge in [-0.15, -0.1) is 0 Å². The number of hydrogen-bond donors (Lipinski definition) is 3. The predicted molar refractivity (Wildman–Crippen MR) is 233 cm³/mol. The number of halogens is 2. The van der Waals surface area contributed by atoms with Crippen molar-refractivity contribution in [2.24, 2.45) is 5.41 Å². The van der Waals surface area contributed by atoms with Crippen LogP contribution in [0, 0.1) is 5.41 Å². The molecule has 1 spiro atoms. The van der Waals surface area contributed by atoms with Crippen LogP contribution in [0.1, 0.15) is 71.4 Å². The maximum absolute atomic E-state index is 12.6. The molecule has 16 nitrogen and oxygen atoms in total. The maximum Gasteiger partial charge on any atom is 0.264 e. The number of nitrogens with zero attached hydrogens (tertiary/aromatic N) is 6. The number of pyridine rings is 2. The Morgan fingerprint density at radius 3 is 2.35 bits per heavy atom. The highest BCUT2D eigenvalue weighted by Crippen LogP contribution is 2.42. The molecule has 8 rings (SSSR count). The first-order valence-corrected chi connectivity index (χ1v) is 20.9. The molecule has 2 saturated heterocycles. The fourth-order valence-electron chi connectivity index (χ4n) is 8.20. The molecule has 5 aromatic rings. The Kier molecular flexibility index (Phi) is 13.2. The van der Waals surface area contributed by atoms with Crippen LogP contribution in [0.2, 0.25) is 10.0 Å². The summed E-state index contributed by atoms with van der Waals surface area (Å²) < 4.78 is 6.19. The van der Waals surface area contributed by atoms with Crippen molar-refractivity contribution >= 4 is 81.8 Å². The largest absolute Gasteiger partial charge is 0.486 e. The minimum atomic E-state index is -0.993. The number of imide groups is 1. The van der Waals surface area contributed by atoms with E-state index in [0.717, 1.165) is 65.3 Å². The number of H-pyrrole nitrogens is 1. The number of unbranched alkanes of at least 4 members (excludes halogenated alkanes) is 1. The van der Waals surface area contributed by atoms with Crippen LogP contribution in [0.5, 0.6) is 5.75 Å². The van der Waals surface area contributed by atoms with Crippen LogP contribution in [0.3, 0.4) is 0 Å². The summed E-state index contributed by atoms with van der Waals surface area (Å²) in [5.74, 6) is 0.212. The molecule has 2 atom stereocenters. The Morgan fingerprint density at radius 1 is 0.952 bits per heavy atom. The lowest BCUT2D eigenvalue weighted by Gasteiger charge is -2.60. The van der Waals surface area contributed by atoms with Crippen molar-refractivity contribution in [2.75, 3.05) is 50.5 Å². The van der Waals surface area contributed by atoms with Gasteiger partial charge in [0.1, 0.15) is 42.0 Å². The van der Waals surface area contributed by atoms with Gasteiger partial charge in [0.05, 0.1) is 26.7 Å². The number of likely N-dealkylation sites (N-methyl/N-ethyl adjacent to an activating group) is 1. The highest BCUT2D eigenvalue weighted by atomic mass is 35.5. The Labute approximate surface area is 367 Å². The number of likely N-dealkylation sites (tertiary alicyclic amines) is 1. The number of benzene rings is 2. The summed E-state index contributed by atoms with van der Waals surface area (Å²) >= 11 is 12.6. The number of nitrogens with one attached hydrogen (secondary N) is 3. The van der Waals surface area contributed by atoms with Crippen molar-refractivity contribution in [3.63, 3.8) is 0 Å². The SMILES string of the molecule is CNC(=O)C(CCC=O)N1C(=O)c2cccc(NC)c2C1=O.C[C@@H](Oc1ccc2[nH]nc(-c3ccc(N4CC5(CN(C(=O)CCCC=O)C5)C4)nc3)c2c1)c1c(Cl)cncc1Cl. The first kappa shape index (κ1) is 43.7. The van der Waals surface area contributed by atoms with Crippen LogP contribution in [0.25, 0.3) is 22.2 Å². The van der Waals surface area contributed by atoms with E-state index in [4.69, 9.17) is 32.9 Å². The zero-order valence-electron chi connectivity index (χ0n) is 34.3. The van der Waals surface area contributed by atoms with Crippen LogP contribution in [0.15, 0.2) is 67.1 Å². The molecule has 4 amide bonds. The number of aldehydes is 2. The number of fused-ring (bicyclic) bond motifs is 2. The van der Waals surface area contributed by atoms with Gasteiger partial charge in [-0.2, -0.15) is 5.10 Å². The van der Waals surface area contributed by atoms with Gasteiger partial charge in [-0.3, -0.25) is 34.2 Å². The molecule has 6 heterocycles. The Bertz CT molecular complexity index is 2500. The van der Waals surface area contributed by atoms with Gasteiger partial charge in [0.25, 0.3) is 11.8 Å². The average Bonchev–Trinajstić information content (AvgIpc) is 3.77. The normalized spacial score (nSPS) is 15.8. The topological polar surface area (TPSA) is 200 Å². The fourth-order valence-corrected chi connectivity index (χ4v) is 8.87. The number of anilines is 2. The van der Waals surface area contributed by atoms with Crippen molar-refractivity contribution in [2.45, 2.75) is 51.2 Å². The molecular formula is C44H45Cl2N9O7. The summed E-state index contributed by atoms with van der Waals surface area (Å²) in [6.45, 7) is 5.22. The molecule has 322 valence electrons. The van der Waals surface area contributed by atoms with E-state index in [0.29, 0.717) is 52.6 Å². The molecule has 3 aromatic heterocycles. The van der Waals surface area contributed by atoms with Gasteiger partial charge in [0.15, 0.2) is 0 Å². The highest BCUT2D eigenvalue weighted by Gasteiger charge is 2.53. The van der Waals surface area contributed by atoms with Crippen LogP contribution in [-0.2, 0) is 19.2 Å². The third kappa shape index (κ3) is 8.70. The summed E-state index contributed by atoms with van der Waals surface area (Å²) in [6, 6.07) is 13.7. The van der Waals surface area contributed by atoms with E-state index in [1.54, 1.807) is 37.6 Å². The monoisotopic (exact) mass is 881 g/mol. The third-order valence-electron chi connectivity index (χ3n) is 11.3. The van der Waals surface area contributed by atoms with Gasteiger partial charge < -0.3 is 34.8 Å². The van der Waals surface area contributed by atoms with Crippen molar-refractivity contribution in [1.82, 2.24) is 35.3 Å². The second kappa shape index (κ2) is 18.7. The summed E-state index contributed by atoms with van der Waals surface area (Å²) in [4.78, 5) is 84.2. The van der Waals surface area contributed by atoms with Gasteiger partial charge >= 0.3 is 0 Å². The Balaban J connectivity index is 0.000000223. The molecule has 0 saturated carbocycles. The number of rotatable bonds is 15. The second-order valence-corrected chi connectivity index (χ2v) is 16.3. The number of carbonyl (C=O) groups excluding carboxylic acids is 6. The van der Waals surface area contributed by atoms with Crippen molar-refractivity contribution in [3.05, 3.63) is 93.9 Å². The molecule has 3 N–H and O–H groups in total. The van der Waals surface area contributed by atoms with E-state index >= 15 is 0 Å². The average molecular weight is 883 g/mol. The molecule has 0 aliphatic carbocycles. The number of hydrogen-bond acceptors (Lipinski definition) is 12. The molecular weight excluding hydrogens is 837 g/mol. The van der Waals surface area contributed by atoms with Gasteiger partial charge in [-0.25, -0.2) is 4.98 Å². The van der Waals surface area contributed by atoms with Gasteiger partial charge in [-0.1, -0.05) is 29.3 Å². The first-order chi connectivity index (χ1) is 29.9. The molecule has 0 radical (unpaired) electrons. The van der Waals surface area contributed by atoms with Gasteiger partial charge in [0.2, 0.25) is 11.8 Å². The van der Waals surface area contributed by atoms with Crippen molar-refractivity contribution < 1.29 is 33.5 Å².